The maximum Gasteiger partial charge on any atom is 0.119 e. The Balaban J connectivity index is 0.000000644. The van der Waals surface area contributed by atoms with Crippen LogP contribution in [0.3, 0.4) is 0 Å². The molecular formula is C15H24NO3Y-. The summed E-state index contributed by atoms with van der Waals surface area (Å²) < 4.78 is 5.76. The molecule has 0 aromatic heterocycles. The number of nitrogens with zero attached hydrogens (tertiary/aromatic N) is 1. The van der Waals surface area contributed by atoms with Gasteiger partial charge in [-0.15, -0.1) is 13.1 Å². The molecule has 1 aromatic carbocycles. The Labute approximate surface area is 147 Å². The summed E-state index contributed by atoms with van der Waals surface area (Å²) in [5, 5.41) is 11.7. The standard InChI is InChI=1S/C13H18NO.C2H6O2.Y/c1-11-2-4-13(5-3-11)15-10-12-6-8-14-9-7-12;1-2-4-3;/h2-5,12H,6-10H2,1H3;3H,2H2,1H3;/q-1;;. The predicted octanol–water partition coefficient (Wildman–Crippen LogP) is 3.65. The van der Waals surface area contributed by atoms with E-state index in [1.165, 1.54) is 18.4 Å². The Kier molecular flexibility index (Phi) is 12.7. The van der Waals surface area contributed by atoms with Crippen molar-refractivity contribution in [3.63, 3.8) is 0 Å². The molecule has 2 rings (SSSR count). The number of rotatable bonds is 4. The molecule has 0 bridgehead atoms. The second kappa shape index (κ2) is 12.7. The third kappa shape index (κ3) is 9.03. The maximum atomic E-state index is 7.38. The minimum atomic E-state index is 0. The van der Waals surface area contributed by atoms with Crippen LogP contribution in [0.4, 0.5) is 0 Å². The fraction of sp³-hybridized carbons (Fsp3) is 0.600. The van der Waals surface area contributed by atoms with Crippen LogP contribution in [0, 0.1) is 12.8 Å². The van der Waals surface area contributed by atoms with Crippen LogP contribution < -0.4 is 4.74 Å². The molecule has 1 heterocycles. The van der Waals surface area contributed by atoms with Crippen molar-refractivity contribution in [2.75, 3.05) is 26.3 Å². The van der Waals surface area contributed by atoms with Crippen LogP contribution in [0.2, 0.25) is 0 Å². The van der Waals surface area contributed by atoms with Gasteiger partial charge in [0.25, 0.3) is 0 Å². The molecule has 1 aromatic rings. The number of benzene rings is 1. The average Bonchev–Trinajstić information content (AvgIpc) is 2.48. The topological polar surface area (TPSA) is 52.8 Å². The number of ether oxygens (including phenoxy) is 1. The van der Waals surface area contributed by atoms with Crippen LogP contribution >= 0.6 is 0 Å². The van der Waals surface area contributed by atoms with Crippen molar-refractivity contribution in [3.8, 4) is 5.75 Å². The second-order valence-electron chi connectivity index (χ2n) is 4.66. The molecular weight excluding hydrogens is 331 g/mol. The van der Waals surface area contributed by atoms with Gasteiger partial charge < -0.3 is 10.1 Å². The first-order valence-corrected chi connectivity index (χ1v) is 6.85. The van der Waals surface area contributed by atoms with Crippen LogP contribution in [0.25, 0.3) is 5.32 Å². The van der Waals surface area contributed by atoms with Gasteiger partial charge in [-0.25, -0.2) is 4.89 Å². The van der Waals surface area contributed by atoms with Gasteiger partial charge in [-0.3, -0.25) is 5.26 Å². The van der Waals surface area contributed by atoms with E-state index in [1.807, 2.05) is 12.1 Å². The molecule has 0 spiro atoms. The van der Waals surface area contributed by atoms with E-state index in [4.69, 9.17) is 9.99 Å². The minimum absolute atomic E-state index is 0. The van der Waals surface area contributed by atoms with Crippen molar-refractivity contribution in [1.29, 1.82) is 0 Å². The van der Waals surface area contributed by atoms with Crippen molar-refractivity contribution in [2.24, 2.45) is 5.92 Å². The Bertz CT molecular complexity index is 324. The molecule has 1 saturated heterocycles. The fourth-order valence-corrected chi connectivity index (χ4v) is 1.82. The molecule has 0 amide bonds. The number of aryl methyl sites for hydroxylation is 1. The quantitative estimate of drug-likeness (QED) is 0.663. The van der Waals surface area contributed by atoms with Crippen LogP contribution in [0.1, 0.15) is 25.3 Å². The summed E-state index contributed by atoms with van der Waals surface area (Å²) in [5.74, 6) is 1.69. The van der Waals surface area contributed by atoms with Gasteiger partial charge in [0.1, 0.15) is 5.75 Å². The van der Waals surface area contributed by atoms with Gasteiger partial charge in [0.05, 0.1) is 13.2 Å². The van der Waals surface area contributed by atoms with E-state index in [1.54, 1.807) is 6.92 Å². The summed E-state index contributed by atoms with van der Waals surface area (Å²) in [6.07, 6.45) is 2.37. The van der Waals surface area contributed by atoms with Crippen molar-refractivity contribution in [1.82, 2.24) is 0 Å². The third-order valence-corrected chi connectivity index (χ3v) is 3.03. The zero-order chi connectivity index (χ0) is 13.9. The second-order valence-corrected chi connectivity index (χ2v) is 4.66. The normalized spacial score (nSPS) is 14.8. The number of piperidine rings is 1. The average molecular weight is 355 g/mol. The molecule has 5 heteroatoms. The van der Waals surface area contributed by atoms with Gasteiger partial charge in [-0.05, 0) is 31.9 Å². The SMILES string of the molecule is CCOO.Cc1ccc(OCC2CC[N-]CC2)cc1.[Y]. The van der Waals surface area contributed by atoms with Gasteiger partial charge in [0, 0.05) is 32.7 Å². The maximum absolute atomic E-state index is 7.38. The van der Waals surface area contributed by atoms with Crippen LogP contribution in [-0.4, -0.2) is 31.6 Å². The smallest absolute Gasteiger partial charge is 0.119 e. The van der Waals surface area contributed by atoms with E-state index >= 15 is 0 Å². The Hall–Kier alpha value is 0.00390. The summed E-state index contributed by atoms with van der Waals surface area (Å²) in [6, 6.07) is 8.27. The van der Waals surface area contributed by atoms with E-state index in [9.17, 15) is 0 Å². The van der Waals surface area contributed by atoms with E-state index in [-0.39, 0.29) is 32.7 Å². The Morgan fingerprint density at radius 3 is 2.25 bits per heavy atom. The van der Waals surface area contributed by atoms with E-state index in [0.717, 1.165) is 25.4 Å². The molecule has 0 saturated carbocycles. The molecule has 20 heavy (non-hydrogen) atoms. The van der Waals surface area contributed by atoms with Crippen molar-refractivity contribution >= 4 is 0 Å². The first-order chi connectivity index (χ1) is 9.26. The summed E-state index contributed by atoms with van der Waals surface area (Å²) in [6.45, 7) is 7.05. The molecule has 4 nitrogen and oxygen atoms in total. The van der Waals surface area contributed by atoms with Gasteiger partial charge >= 0.3 is 0 Å². The third-order valence-electron chi connectivity index (χ3n) is 3.03. The first kappa shape index (κ1) is 20.0. The Morgan fingerprint density at radius 2 is 1.75 bits per heavy atom. The summed E-state index contributed by atoms with van der Waals surface area (Å²) in [5.41, 5.74) is 1.28. The molecule has 1 N–H and O–H groups in total. The van der Waals surface area contributed by atoms with Gasteiger partial charge in [0.15, 0.2) is 0 Å². The zero-order valence-electron chi connectivity index (χ0n) is 12.4. The predicted molar refractivity (Wildman–Crippen MR) is 76.7 cm³/mol. The summed E-state index contributed by atoms with van der Waals surface area (Å²) >= 11 is 0. The molecule has 1 fully saturated rings. The van der Waals surface area contributed by atoms with E-state index in [2.05, 4.69) is 29.3 Å². The largest absolute Gasteiger partial charge is 0.662 e. The Morgan fingerprint density at radius 1 is 1.20 bits per heavy atom. The van der Waals surface area contributed by atoms with Crippen molar-refractivity contribution < 1.29 is 47.6 Å². The van der Waals surface area contributed by atoms with Crippen LogP contribution in [0.5, 0.6) is 5.75 Å². The first-order valence-electron chi connectivity index (χ1n) is 6.85. The minimum Gasteiger partial charge on any atom is -0.662 e. The number of hydrogen-bond acceptors (Lipinski definition) is 3. The summed E-state index contributed by atoms with van der Waals surface area (Å²) in [4.78, 5) is 3.54. The molecule has 0 unspecified atom stereocenters. The molecule has 1 aliphatic heterocycles. The monoisotopic (exact) mass is 355 g/mol. The molecule has 0 atom stereocenters. The van der Waals surface area contributed by atoms with Gasteiger partial charge in [-0.1, -0.05) is 30.5 Å². The zero-order valence-corrected chi connectivity index (χ0v) is 15.3. The van der Waals surface area contributed by atoms with Crippen molar-refractivity contribution in [2.45, 2.75) is 26.7 Å². The molecule has 0 aliphatic carbocycles. The van der Waals surface area contributed by atoms with E-state index < -0.39 is 0 Å². The van der Waals surface area contributed by atoms with Crippen LogP contribution in [0.15, 0.2) is 24.3 Å². The van der Waals surface area contributed by atoms with Gasteiger partial charge in [-0.2, -0.15) is 0 Å². The van der Waals surface area contributed by atoms with Crippen molar-refractivity contribution in [3.05, 3.63) is 35.1 Å². The number of hydrogen-bond donors (Lipinski definition) is 1. The molecule has 1 radical (unpaired) electrons. The summed E-state index contributed by atoms with van der Waals surface area (Å²) in [7, 11) is 0. The van der Waals surface area contributed by atoms with Crippen LogP contribution in [-0.2, 0) is 37.6 Å². The van der Waals surface area contributed by atoms with E-state index in [0.29, 0.717) is 12.5 Å². The van der Waals surface area contributed by atoms with Gasteiger partial charge in [0.2, 0.25) is 0 Å². The molecule has 1 aliphatic rings. The molecule has 111 valence electrons. The fourth-order valence-electron chi connectivity index (χ4n) is 1.82.